The lowest BCUT2D eigenvalue weighted by Gasteiger charge is -2.21. The third-order valence-corrected chi connectivity index (χ3v) is 5.73. The molecule has 10 heteroatoms. The van der Waals surface area contributed by atoms with Gasteiger partial charge in [-0.25, -0.2) is 14.2 Å². The van der Waals surface area contributed by atoms with Gasteiger partial charge in [0.15, 0.2) is 16.5 Å². The van der Waals surface area contributed by atoms with Crippen LogP contribution in [0.5, 0.6) is 5.75 Å². The van der Waals surface area contributed by atoms with Gasteiger partial charge in [-0.2, -0.15) is 0 Å². The Labute approximate surface area is 169 Å². The standard InChI is InChI=1S/C19H18FN3O5S/c1-27-16-4-3-10(5-12(16)20)13-8-23-15(9-29-19(23)21-13)17(25)22-7-11(24)6-14(22)18(26)28-2/h3-5,8-9,11,14,24H,6-7H2,1-2H3. The third kappa shape index (κ3) is 3.34. The summed E-state index contributed by atoms with van der Waals surface area (Å²) in [5.74, 6) is -1.36. The number of hydrogen-bond donors (Lipinski definition) is 1. The number of β-amino-alcohol motifs (C(OH)–C–C–N with tert-alkyl or cyclic N) is 1. The van der Waals surface area contributed by atoms with Crippen molar-refractivity contribution in [2.45, 2.75) is 18.6 Å². The van der Waals surface area contributed by atoms with E-state index < -0.39 is 29.8 Å². The van der Waals surface area contributed by atoms with Gasteiger partial charge in [0.1, 0.15) is 11.7 Å². The summed E-state index contributed by atoms with van der Waals surface area (Å²) in [5, 5.41) is 11.6. The number of benzene rings is 1. The van der Waals surface area contributed by atoms with Crippen LogP contribution in [0.4, 0.5) is 4.39 Å². The lowest BCUT2D eigenvalue weighted by Crippen LogP contribution is -2.41. The highest BCUT2D eigenvalue weighted by atomic mass is 32.1. The Morgan fingerprint density at radius 3 is 2.83 bits per heavy atom. The van der Waals surface area contributed by atoms with Gasteiger partial charge in [0, 0.05) is 30.1 Å². The maximum atomic E-state index is 14.0. The van der Waals surface area contributed by atoms with Gasteiger partial charge in [0.25, 0.3) is 5.91 Å². The van der Waals surface area contributed by atoms with E-state index >= 15 is 0 Å². The molecule has 0 saturated carbocycles. The molecule has 1 N–H and O–H groups in total. The first-order valence-corrected chi connectivity index (χ1v) is 9.68. The highest BCUT2D eigenvalue weighted by Crippen LogP contribution is 2.29. The highest BCUT2D eigenvalue weighted by molar-refractivity contribution is 7.15. The van der Waals surface area contributed by atoms with Crippen LogP contribution in [0.15, 0.2) is 29.8 Å². The third-order valence-electron chi connectivity index (χ3n) is 4.89. The summed E-state index contributed by atoms with van der Waals surface area (Å²) in [6.07, 6.45) is 0.976. The number of carbonyl (C=O) groups excluding carboxylic acids is 2. The van der Waals surface area contributed by atoms with Crippen LogP contribution in [0.1, 0.15) is 16.9 Å². The van der Waals surface area contributed by atoms with E-state index in [0.29, 0.717) is 21.9 Å². The van der Waals surface area contributed by atoms with Crippen molar-refractivity contribution in [2.75, 3.05) is 20.8 Å². The number of esters is 1. The number of aromatic nitrogens is 2. The number of aliphatic hydroxyl groups is 1. The van der Waals surface area contributed by atoms with E-state index in [1.54, 1.807) is 22.0 Å². The molecule has 29 heavy (non-hydrogen) atoms. The number of thiazole rings is 1. The van der Waals surface area contributed by atoms with E-state index in [1.807, 2.05) is 0 Å². The van der Waals surface area contributed by atoms with Gasteiger partial charge < -0.3 is 19.5 Å². The minimum atomic E-state index is -0.837. The predicted octanol–water partition coefficient (Wildman–Crippen LogP) is 1.96. The summed E-state index contributed by atoms with van der Waals surface area (Å²) in [6.45, 7) is 0.0428. The Bertz CT molecular complexity index is 1090. The second-order valence-electron chi connectivity index (χ2n) is 6.63. The maximum absolute atomic E-state index is 14.0. The second-order valence-corrected chi connectivity index (χ2v) is 7.47. The molecule has 0 spiro atoms. The quantitative estimate of drug-likeness (QED) is 0.650. The molecule has 1 aliphatic heterocycles. The number of methoxy groups -OCH3 is 2. The zero-order chi connectivity index (χ0) is 20.7. The van der Waals surface area contributed by atoms with Crippen molar-refractivity contribution in [3.8, 4) is 17.0 Å². The van der Waals surface area contributed by atoms with Crippen molar-refractivity contribution in [1.29, 1.82) is 0 Å². The lowest BCUT2D eigenvalue weighted by molar-refractivity contribution is -0.145. The molecule has 4 rings (SSSR count). The highest BCUT2D eigenvalue weighted by Gasteiger charge is 2.40. The molecule has 1 amide bonds. The number of hydrogen-bond acceptors (Lipinski definition) is 7. The smallest absolute Gasteiger partial charge is 0.328 e. The number of ether oxygens (including phenoxy) is 2. The van der Waals surface area contributed by atoms with Crippen LogP contribution < -0.4 is 4.74 Å². The molecule has 1 fully saturated rings. The number of amides is 1. The SMILES string of the molecule is COC(=O)C1CC(O)CN1C(=O)c1csc2nc(-c3ccc(OC)c(F)c3)cn12. The number of nitrogens with zero attached hydrogens (tertiary/aromatic N) is 3. The largest absolute Gasteiger partial charge is 0.494 e. The van der Waals surface area contributed by atoms with E-state index in [9.17, 15) is 19.1 Å². The monoisotopic (exact) mass is 419 g/mol. The molecule has 0 bridgehead atoms. The summed E-state index contributed by atoms with van der Waals surface area (Å²) >= 11 is 1.25. The Hall–Kier alpha value is -2.98. The first kappa shape index (κ1) is 19.3. The van der Waals surface area contributed by atoms with Gasteiger partial charge in [0.2, 0.25) is 0 Å². The zero-order valence-corrected chi connectivity index (χ0v) is 16.5. The van der Waals surface area contributed by atoms with Crippen molar-refractivity contribution >= 4 is 28.2 Å². The molecule has 0 radical (unpaired) electrons. The molecule has 152 valence electrons. The molecule has 1 aromatic carbocycles. The Balaban J connectivity index is 1.68. The van der Waals surface area contributed by atoms with Crippen molar-refractivity contribution < 1.29 is 28.6 Å². The van der Waals surface area contributed by atoms with Gasteiger partial charge in [-0.05, 0) is 18.2 Å². The van der Waals surface area contributed by atoms with Crippen molar-refractivity contribution in [3.05, 3.63) is 41.3 Å². The van der Waals surface area contributed by atoms with Crippen molar-refractivity contribution in [3.63, 3.8) is 0 Å². The van der Waals surface area contributed by atoms with E-state index in [0.717, 1.165) is 0 Å². The van der Waals surface area contributed by atoms with Gasteiger partial charge in [-0.3, -0.25) is 9.20 Å². The molecule has 1 saturated heterocycles. The Morgan fingerprint density at radius 2 is 2.14 bits per heavy atom. The molecule has 2 aromatic heterocycles. The van der Waals surface area contributed by atoms with Gasteiger partial charge in [-0.1, -0.05) is 0 Å². The van der Waals surface area contributed by atoms with Crippen LogP contribution in [-0.4, -0.2) is 64.2 Å². The molecular formula is C19H18FN3O5S. The first-order valence-electron chi connectivity index (χ1n) is 8.80. The molecule has 2 unspecified atom stereocenters. The van der Waals surface area contributed by atoms with E-state index in [1.165, 1.54) is 42.6 Å². The van der Waals surface area contributed by atoms with E-state index in [-0.39, 0.29) is 18.7 Å². The van der Waals surface area contributed by atoms with Crippen LogP contribution >= 0.6 is 11.3 Å². The summed E-state index contributed by atoms with van der Waals surface area (Å²) in [4.78, 5) is 31.4. The number of halogens is 1. The van der Waals surface area contributed by atoms with Crippen molar-refractivity contribution in [2.24, 2.45) is 0 Å². The Morgan fingerprint density at radius 1 is 1.34 bits per heavy atom. The van der Waals surface area contributed by atoms with Gasteiger partial charge in [0.05, 0.1) is 26.0 Å². The molecule has 2 atom stereocenters. The van der Waals surface area contributed by atoms with Crippen LogP contribution in [0.2, 0.25) is 0 Å². The normalized spacial score (nSPS) is 19.0. The summed E-state index contributed by atoms with van der Waals surface area (Å²) < 4.78 is 25.3. The zero-order valence-electron chi connectivity index (χ0n) is 15.7. The minimum Gasteiger partial charge on any atom is -0.494 e. The number of aliphatic hydroxyl groups excluding tert-OH is 1. The van der Waals surface area contributed by atoms with Gasteiger partial charge >= 0.3 is 5.97 Å². The lowest BCUT2D eigenvalue weighted by atomic mass is 10.1. The number of fused-ring (bicyclic) bond motifs is 1. The minimum absolute atomic E-state index is 0.0428. The molecule has 1 aliphatic rings. The summed E-state index contributed by atoms with van der Waals surface area (Å²) in [7, 11) is 2.63. The fraction of sp³-hybridized carbons (Fsp3) is 0.316. The van der Waals surface area contributed by atoms with E-state index in [4.69, 9.17) is 9.47 Å². The van der Waals surface area contributed by atoms with Crippen LogP contribution in [0.3, 0.4) is 0 Å². The molecule has 8 nitrogen and oxygen atoms in total. The molecule has 0 aliphatic carbocycles. The summed E-state index contributed by atoms with van der Waals surface area (Å²) in [5.41, 5.74) is 1.35. The number of rotatable bonds is 4. The first-order chi connectivity index (χ1) is 13.9. The van der Waals surface area contributed by atoms with Crippen LogP contribution in [0, 0.1) is 5.82 Å². The maximum Gasteiger partial charge on any atom is 0.328 e. The van der Waals surface area contributed by atoms with Crippen LogP contribution in [0.25, 0.3) is 16.2 Å². The average molecular weight is 419 g/mol. The summed E-state index contributed by atoms with van der Waals surface area (Å²) in [6, 6.07) is 3.67. The molecule has 3 aromatic rings. The fourth-order valence-corrected chi connectivity index (χ4v) is 4.29. The molecule has 3 heterocycles. The Kier molecular flexibility index (Phi) is 4.97. The number of imidazole rings is 1. The fourth-order valence-electron chi connectivity index (χ4n) is 3.45. The molecular weight excluding hydrogens is 401 g/mol. The average Bonchev–Trinajstić information content (AvgIpc) is 3.40. The predicted molar refractivity (Wildman–Crippen MR) is 102 cm³/mol. The second kappa shape index (κ2) is 7.45. The van der Waals surface area contributed by atoms with Crippen LogP contribution in [-0.2, 0) is 9.53 Å². The van der Waals surface area contributed by atoms with Gasteiger partial charge in [-0.15, -0.1) is 11.3 Å². The van der Waals surface area contributed by atoms with Crippen molar-refractivity contribution in [1.82, 2.24) is 14.3 Å². The topological polar surface area (TPSA) is 93.4 Å². The number of carbonyl (C=O) groups is 2. The van der Waals surface area contributed by atoms with E-state index in [2.05, 4.69) is 4.98 Å². The number of likely N-dealkylation sites (tertiary alicyclic amines) is 1.